The van der Waals surface area contributed by atoms with Gasteiger partial charge in [0.25, 0.3) is 0 Å². The fourth-order valence-electron chi connectivity index (χ4n) is 5.38. The fraction of sp³-hybridized carbons (Fsp3) is 1.00. The van der Waals surface area contributed by atoms with Crippen molar-refractivity contribution < 1.29 is 10.2 Å². The van der Waals surface area contributed by atoms with Crippen LogP contribution >= 0.6 is 0 Å². The first-order valence-electron chi connectivity index (χ1n) is 7.21. The third-order valence-corrected chi connectivity index (χ3v) is 6.50. The van der Waals surface area contributed by atoms with Crippen LogP contribution in [0.15, 0.2) is 0 Å². The summed E-state index contributed by atoms with van der Waals surface area (Å²) in [4.78, 5) is 0. The molecule has 2 N–H and O–H groups in total. The molecule has 0 bridgehead atoms. The minimum Gasteiger partial charge on any atom is -0.390 e. The summed E-state index contributed by atoms with van der Waals surface area (Å²) in [6.07, 6.45) is 2.58. The van der Waals surface area contributed by atoms with Crippen LogP contribution in [0.1, 0.15) is 47.0 Å². The summed E-state index contributed by atoms with van der Waals surface area (Å²) in [5, 5.41) is 21.4. The molecule has 3 fully saturated rings. The first-order valence-corrected chi connectivity index (χ1v) is 7.21. The molecular weight excluding hydrogens is 212 g/mol. The molecule has 98 valence electrons. The monoisotopic (exact) mass is 238 g/mol. The number of hydrogen-bond acceptors (Lipinski definition) is 2. The van der Waals surface area contributed by atoms with E-state index >= 15 is 0 Å². The molecule has 0 aromatic rings. The maximum atomic E-state index is 11.1. The van der Waals surface area contributed by atoms with Crippen molar-refractivity contribution in [1.29, 1.82) is 0 Å². The highest BCUT2D eigenvalue weighted by Gasteiger charge is 2.70. The lowest BCUT2D eigenvalue weighted by atomic mass is 9.72. The highest BCUT2D eigenvalue weighted by molar-refractivity contribution is 5.19. The van der Waals surface area contributed by atoms with Crippen LogP contribution in [0.5, 0.6) is 0 Å². The first-order chi connectivity index (χ1) is 7.81. The van der Waals surface area contributed by atoms with Gasteiger partial charge in [0.1, 0.15) is 0 Å². The van der Waals surface area contributed by atoms with Crippen LogP contribution in [0, 0.1) is 35.0 Å². The Morgan fingerprint density at radius 3 is 2.35 bits per heavy atom. The van der Waals surface area contributed by atoms with Gasteiger partial charge in [-0.05, 0) is 54.3 Å². The minimum absolute atomic E-state index is 0.246. The van der Waals surface area contributed by atoms with Crippen LogP contribution in [-0.2, 0) is 0 Å². The zero-order valence-electron chi connectivity index (χ0n) is 11.5. The molecule has 3 aliphatic carbocycles. The second kappa shape index (κ2) is 3.27. The number of aliphatic hydroxyl groups is 2. The van der Waals surface area contributed by atoms with Gasteiger partial charge < -0.3 is 10.2 Å². The Labute approximate surface area is 104 Å². The number of hydrogen-bond donors (Lipinski definition) is 2. The second-order valence-electron chi connectivity index (χ2n) is 7.57. The van der Waals surface area contributed by atoms with Crippen molar-refractivity contribution in [2.45, 2.75) is 58.7 Å². The Bertz CT molecular complexity index is 338. The van der Waals surface area contributed by atoms with Gasteiger partial charge in [0, 0.05) is 0 Å². The average molecular weight is 238 g/mol. The van der Waals surface area contributed by atoms with E-state index in [1.165, 1.54) is 6.42 Å². The predicted octanol–water partition coefficient (Wildman–Crippen LogP) is 2.44. The van der Waals surface area contributed by atoms with Crippen molar-refractivity contribution in [3.8, 4) is 0 Å². The molecule has 0 aliphatic heterocycles. The van der Waals surface area contributed by atoms with Crippen molar-refractivity contribution in [3.63, 3.8) is 0 Å². The van der Waals surface area contributed by atoms with Crippen LogP contribution in [0.3, 0.4) is 0 Å². The summed E-state index contributed by atoms with van der Waals surface area (Å²) in [5.41, 5.74) is -0.427. The van der Waals surface area contributed by atoms with Crippen LogP contribution in [0.4, 0.5) is 0 Å². The van der Waals surface area contributed by atoms with E-state index in [9.17, 15) is 10.2 Å². The Hall–Kier alpha value is -0.0800. The van der Waals surface area contributed by atoms with Gasteiger partial charge in [0.15, 0.2) is 0 Å². The molecule has 0 saturated heterocycles. The van der Waals surface area contributed by atoms with E-state index in [0.717, 1.165) is 18.8 Å². The zero-order valence-corrected chi connectivity index (χ0v) is 11.5. The summed E-state index contributed by atoms with van der Waals surface area (Å²) in [6.45, 7) is 9.04. The van der Waals surface area contributed by atoms with Crippen molar-refractivity contribution >= 4 is 0 Å². The Morgan fingerprint density at radius 1 is 1.06 bits per heavy atom. The maximum Gasteiger partial charge on any atom is 0.0964 e. The maximum absolute atomic E-state index is 11.1. The summed E-state index contributed by atoms with van der Waals surface area (Å²) in [7, 11) is 0. The number of rotatable bonds is 0. The van der Waals surface area contributed by atoms with Gasteiger partial charge >= 0.3 is 0 Å². The van der Waals surface area contributed by atoms with E-state index in [2.05, 4.69) is 27.7 Å². The van der Waals surface area contributed by atoms with E-state index in [-0.39, 0.29) is 5.92 Å². The lowest BCUT2D eigenvalue weighted by Crippen LogP contribution is -2.50. The average Bonchev–Trinajstić information content (AvgIpc) is 2.71. The molecule has 3 saturated carbocycles. The van der Waals surface area contributed by atoms with Crippen molar-refractivity contribution in [1.82, 2.24) is 0 Å². The molecule has 0 radical (unpaired) electrons. The standard InChI is InChI=1S/C15H26O2/c1-8-7-11(16)15(17)9(2)5-6-10-13(12(8)15)14(10,3)4/h8-13,16-17H,5-7H2,1-4H3/t8-,9+,10-,11?,12-,13+,15-/m0/s1. The fourth-order valence-corrected chi connectivity index (χ4v) is 5.38. The molecule has 0 aromatic carbocycles. The van der Waals surface area contributed by atoms with Gasteiger partial charge in [-0.3, -0.25) is 0 Å². The molecule has 1 unspecified atom stereocenters. The SMILES string of the molecule is C[C@@H]1CC[C@H]2[C@H]([C@@H]3[C@@H](C)CC(O)[C@]31O)C2(C)C. The Morgan fingerprint density at radius 2 is 1.71 bits per heavy atom. The molecule has 0 heterocycles. The molecule has 0 aromatic heterocycles. The topological polar surface area (TPSA) is 40.5 Å². The van der Waals surface area contributed by atoms with E-state index in [0.29, 0.717) is 23.2 Å². The number of aliphatic hydroxyl groups excluding tert-OH is 1. The molecule has 0 amide bonds. The van der Waals surface area contributed by atoms with E-state index in [1.54, 1.807) is 0 Å². The molecule has 17 heavy (non-hydrogen) atoms. The van der Waals surface area contributed by atoms with Crippen molar-refractivity contribution in [3.05, 3.63) is 0 Å². The van der Waals surface area contributed by atoms with E-state index in [1.807, 2.05) is 0 Å². The molecule has 3 aliphatic rings. The smallest absolute Gasteiger partial charge is 0.0964 e. The number of fused-ring (bicyclic) bond motifs is 3. The van der Waals surface area contributed by atoms with E-state index < -0.39 is 11.7 Å². The summed E-state index contributed by atoms with van der Waals surface area (Å²) in [5.74, 6) is 2.43. The van der Waals surface area contributed by atoms with Crippen LogP contribution < -0.4 is 0 Å². The third-order valence-electron chi connectivity index (χ3n) is 6.50. The van der Waals surface area contributed by atoms with Crippen molar-refractivity contribution in [2.24, 2.45) is 35.0 Å². The van der Waals surface area contributed by atoms with Gasteiger partial charge in [-0.25, -0.2) is 0 Å². The highest BCUT2D eigenvalue weighted by Crippen LogP contribution is 2.71. The lowest BCUT2D eigenvalue weighted by Gasteiger charge is -2.39. The normalized spacial score (nSPS) is 60.4. The van der Waals surface area contributed by atoms with Gasteiger partial charge in [-0.2, -0.15) is 0 Å². The minimum atomic E-state index is -0.813. The summed E-state index contributed by atoms with van der Waals surface area (Å²) < 4.78 is 0. The van der Waals surface area contributed by atoms with Gasteiger partial charge in [-0.1, -0.05) is 27.7 Å². The first kappa shape index (κ1) is 12.0. The van der Waals surface area contributed by atoms with Crippen LogP contribution in [0.2, 0.25) is 0 Å². The van der Waals surface area contributed by atoms with Crippen LogP contribution in [0.25, 0.3) is 0 Å². The van der Waals surface area contributed by atoms with Gasteiger partial charge in [-0.15, -0.1) is 0 Å². The molecule has 3 rings (SSSR count). The van der Waals surface area contributed by atoms with E-state index in [4.69, 9.17) is 0 Å². The summed E-state index contributed by atoms with van der Waals surface area (Å²) >= 11 is 0. The lowest BCUT2D eigenvalue weighted by molar-refractivity contribution is -0.125. The molecule has 0 spiro atoms. The van der Waals surface area contributed by atoms with Crippen molar-refractivity contribution in [2.75, 3.05) is 0 Å². The zero-order chi connectivity index (χ0) is 12.6. The highest BCUT2D eigenvalue weighted by atomic mass is 16.3. The molecule has 7 atom stereocenters. The molecule has 2 nitrogen and oxygen atoms in total. The Kier molecular flexibility index (Phi) is 2.30. The molecule has 2 heteroatoms. The quantitative estimate of drug-likeness (QED) is 0.680. The predicted molar refractivity (Wildman–Crippen MR) is 67.4 cm³/mol. The largest absolute Gasteiger partial charge is 0.390 e. The summed E-state index contributed by atoms with van der Waals surface area (Å²) in [6, 6.07) is 0. The van der Waals surface area contributed by atoms with Gasteiger partial charge in [0.05, 0.1) is 11.7 Å². The van der Waals surface area contributed by atoms with Crippen LogP contribution in [-0.4, -0.2) is 21.9 Å². The van der Waals surface area contributed by atoms with Gasteiger partial charge in [0.2, 0.25) is 0 Å². The molecular formula is C15H26O2. The second-order valence-corrected chi connectivity index (χ2v) is 7.57. The Balaban J connectivity index is 2.01. The third kappa shape index (κ3) is 1.29.